The number of hydrogen-bond acceptors (Lipinski definition) is 5. The summed E-state index contributed by atoms with van der Waals surface area (Å²) in [5.41, 5.74) is 3.77. The molecule has 7 nitrogen and oxygen atoms in total. The number of carbonyl (C=O) groups excluding carboxylic acids is 1. The highest BCUT2D eigenvalue weighted by molar-refractivity contribution is 5.90. The molecule has 1 atom stereocenters. The highest BCUT2D eigenvalue weighted by Crippen LogP contribution is 2.30. The Balaban J connectivity index is 1.42. The van der Waals surface area contributed by atoms with Crippen LogP contribution in [-0.4, -0.2) is 43.1 Å². The van der Waals surface area contributed by atoms with Gasteiger partial charge in [-0.3, -0.25) is 4.79 Å². The fourth-order valence-electron chi connectivity index (χ4n) is 4.54. The summed E-state index contributed by atoms with van der Waals surface area (Å²) in [5, 5.41) is 5.77. The van der Waals surface area contributed by atoms with Crippen LogP contribution >= 0.6 is 0 Å². The molecule has 2 aromatic carbocycles. The Bertz CT molecular complexity index is 1330. The van der Waals surface area contributed by atoms with E-state index in [1.807, 2.05) is 46.0 Å². The second-order valence-electron chi connectivity index (χ2n) is 8.45. The van der Waals surface area contributed by atoms with Crippen molar-refractivity contribution in [3.8, 4) is 22.8 Å². The van der Waals surface area contributed by atoms with E-state index in [0.29, 0.717) is 6.54 Å². The molecule has 2 aromatic heterocycles. The van der Waals surface area contributed by atoms with Crippen molar-refractivity contribution in [2.45, 2.75) is 38.8 Å². The van der Waals surface area contributed by atoms with Crippen LogP contribution in [0.25, 0.3) is 22.3 Å². The minimum absolute atomic E-state index is 0.0335. The van der Waals surface area contributed by atoms with E-state index in [1.54, 1.807) is 6.20 Å². The van der Waals surface area contributed by atoms with Crippen molar-refractivity contribution in [2.24, 2.45) is 0 Å². The summed E-state index contributed by atoms with van der Waals surface area (Å²) < 4.78 is 7.94. The van der Waals surface area contributed by atoms with E-state index in [-0.39, 0.29) is 11.9 Å². The average Bonchev–Trinajstić information content (AvgIpc) is 3.49. The maximum Gasteiger partial charge on any atom is 0.246 e. The van der Waals surface area contributed by atoms with Crippen molar-refractivity contribution in [2.75, 3.05) is 6.54 Å². The lowest BCUT2D eigenvalue weighted by Crippen LogP contribution is -2.37. The second-order valence-corrected chi connectivity index (χ2v) is 8.45. The van der Waals surface area contributed by atoms with Crippen molar-refractivity contribution >= 4 is 16.9 Å². The lowest BCUT2D eigenvalue weighted by molar-refractivity contribution is -0.127. The van der Waals surface area contributed by atoms with E-state index >= 15 is 0 Å². The standard InChI is InChI=1S/C27H27N5O2/c1-3-19-7-5-9-23(15-19)34-22-12-10-20(11-13-22)26-24-16-28-18-29-27(24)32(30-26)17-21-8-6-14-31(21)25(33)4-2/h4-5,7,9-13,15-16,18,21H,2-3,6,8,14,17H2,1H3/t21-/m1/s1. The Morgan fingerprint density at radius 3 is 2.85 bits per heavy atom. The topological polar surface area (TPSA) is 73.1 Å². The van der Waals surface area contributed by atoms with Gasteiger partial charge in [-0.25, -0.2) is 14.6 Å². The van der Waals surface area contributed by atoms with Gasteiger partial charge in [0.2, 0.25) is 5.91 Å². The van der Waals surface area contributed by atoms with Gasteiger partial charge < -0.3 is 9.64 Å². The number of aromatic nitrogens is 4. The number of nitrogens with zero attached hydrogens (tertiary/aromatic N) is 5. The van der Waals surface area contributed by atoms with Gasteiger partial charge in [0.25, 0.3) is 0 Å². The molecule has 7 heteroatoms. The molecule has 0 aliphatic carbocycles. The van der Waals surface area contributed by atoms with Gasteiger partial charge in [0.05, 0.1) is 18.0 Å². The van der Waals surface area contributed by atoms with E-state index in [9.17, 15) is 4.79 Å². The Morgan fingerprint density at radius 1 is 1.21 bits per heavy atom. The van der Waals surface area contributed by atoms with Crippen LogP contribution < -0.4 is 4.74 Å². The number of hydrogen-bond donors (Lipinski definition) is 0. The number of likely N-dealkylation sites (tertiary alicyclic amines) is 1. The molecule has 0 spiro atoms. The van der Waals surface area contributed by atoms with E-state index in [2.05, 4.69) is 35.6 Å². The molecule has 1 fully saturated rings. The lowest BCUT2D eigenvalue weighted by Gasteiger charge is -2.23. The second kappa shape index (κ2) is 9.47. The molecule has 1 amide bonds. The molecular weight excluding hydrogens is 426 g/mol. The monoisotopic (exact) mass is 453 g/mol. The van der Waals surface area contributed by atoms with Crippen molar-refractivity contribution in [3.05, 3.63) is 79.3 Å². The third-order valence-corrected chi connectivity index (χ3v) is 6.30. The van der Waals surface area contributed by atoms with Crippen molar-refractivity contribution < 1.29 is 9.53 Å². The normalized spacial score (nSPS) is 15.6. The molecule has 0 N–H and O–H groups in total. The first-order valence-corrected chi connectivity index (χ1v) is 11.6. The molecular formula is C27H27N5O2. The first-order valence-electron chi connectivity index (χ1n) is 11.6. The molecule has 3 heterocycles. The summed E-state index contributed by atoms with van der Waals surface area (Å²) in [4.78, 5) is 22.8. The van der Waals surface area contributed by atoms with Gasteiger partial charge in [-0.1, -0.05) is 25.6 Å². The molecule has 0 radical (unpaired) electrons. The number of benzene rings is 2. The number of aryl methyl sites for hydroxylation is 1. The van der Waals surface area contributed by atoms with Gasteiger partial charge in [0.1, 0.15) is 23.5 Å². The molecule has 1 aliphatic heterocycles. The number of rotatable bonds is 7. The predicted molar refractivity (Wildman–Crippen MR) is 132 cm³/mol. The fourth-order valence-corrected chi connectivity index (χ4v) is 4.54. The zero-order chi connectivity index (χ0) is 23.5. The average molecular weight is 454 g/mol. The van der Waals surface area contributed by atoms with Crippen LogP contribution in [0.1, 0.15) is 25.3 Å². The molecule has 4 aromatic rings. The van der Waals surface area contributed by atoms with Crippen molar-refractivity contribution in [1.29, 1.82) is 0 Å². The Kier molecular flexibility index (Phi) is 6.08. The smallest absolute Gasteiger partial charge is 0.246 e. The third kappa shape index (κ3) is 4.29. The van der Waals surface area contributed by atoms with Crippen LogP contribution in [0.3, 0.4) is 0 Å². The minimum Gasteiger partial charge on any atom is -0.457 e. The van der Waals surface area contributed by atoms with Crippen LogP contribution in [0.5, 0.6) is 11.5 Å². The predicted octanol–water partition coefficient (Wildman–Crippen LogP) is 5.03. The van der Waals surface area contributed by atoms with E-state index in [1.165, 1.54) is 18.0 Å². The van der Waals surface area contributed by atoms with Crippen LogP contribution in [-0.2, 0) is 17.8 Å². The maximum absolute atomic E-state index is 12.2. The van der Waals surface area contributed by atoms with Gasteiger partial charge in [0.15, 0.2) is 5.65 Å². The highest BCUT2D eigenvalue weighted by atomic mass is 16.5. The SMILES string of the molecule is C=CC(=O)N1CCC[C@@H]1Cn1nc(-c2ccc(Oc3cccc(CC)c3)cc2)c2cncnc21. The van der Waals surface area contributed by atoms with Gasteiger partial charge >= 0.3 is 0 Å². The van der Waals surface area contributed by atoms with Gasteiger partial charge in [-0.05, 0) is 67.3 Å². The molecule has 0 bridgehead atoms. The quantitative estimate of drug-likeness (QED) is 0.367. The minimum atomic E-state index is -0.0335. The van der Waals surface area contributed by atoms with Crippen molar-refractivity contribution in [3.63, 3.8) is 0 Å². The van der Waals surface area contributed by atoms with Crippen molar-refractivity contribution in [1.82, 2.24) is 24.6 Å². The Morgan fingerprint density at radius 2 is 2.06 bits per heavy atom. The zero-order valence-electron chi connectivity index (χ0n) is 19.2. The summed E-state index contributed by atoms with van der Waals surface area (Å²) in [6, 6.07) is 16.1. The van der Waals surface area contributed by atoms with Crippen LogP contribution in [0.4, 0.5) is 0 Å². The molecule has 1 saturated heterocycles. The summed E-state index contributed by atoms with van der Waals surface area (Å²) in [5.74, 6) is 1.56. The fraction of sp³-hybridized carbons (Fsp3) is 0.259. The van der Waals surface area contributed by atoms with Gasteiger partial charge in [0, 0.05) is 18.3 Å². The molecule has 172 valence electrons. The molecule has 1 aliphatic rings. The molecule has 0 saturated carbocycles. The number of ether oxygens (including phenoxy) is 1. The van der Waals surface area contributed by atoms with Crippen LogP contribution in [0.15, 0.2) is 73.7 Å². The van der Waals surface area contributed by atoms with Crippen LogP contribution in [0.2, 0.25) is 0 Å². The van der Waals surface area contributed by atoms with Crippen LogP contribution in [0, 0.1) is 0 Å². The summed E-state index contributed by atoms with van der Waals surface area (Å²) >= 11 is 0. The molecule has 34 heavy (non-hydrogen) atoms. The zero-order valence-corrected chi connectivity index (χ0v) is 19.2. The Hall–Kier alpha value is -4.00. The number of carbonyl (C=O) groups is 1. The first kappa shape index (κ1) is 21.8. The number of fused-ring (bicyclic) bond motifs is 1. The third-order valence-electron chi connectivity index (χ3n) is 6.30. The first-order chi connectivity index (χ1) is 16.7. The number of amides is 1. The summed E-state index contributed by atoms with van der Waals surface area (Å²) in [7, 11) is 0. The molecule has 5 rings (SSSR count). The largest absolute Gasteiger partial charge is 0.457 e. The lowest BCUT2D eigenvalue weighted by atomic mass is 10.1. The van der Waals surface area contributed by atoms with Gasteiger partial charge in [-0.2, -0.15) is 5.10 Å². The summed E-state index contributed by atoms with van der Waals surface area (Å²) in [6.45, 7) is 7.10. The molecule has 0 unspecified atom stereocenters. The van der Waals surface area contributed by atoms with E-state index in [0.717, 1.165) is 59.6 Å². The van der Waals surface area contributed by atoms with Gasteiger partial charge in [-0.15, -0.1) is 0 Å². The highest BCUT2D eigenvalue weighted by Gasteiger charge is 2.29. The maximum atomic E-state index is 12.2. The van der Waals surface area contributed by atoms with E-state index < -0.39 is 0 Å². The Labute approximate surface area is 198 Å². The summed E-state index contributed by atoms with van der Waals surface area (Å²) in [6.07, 6.45) is 7.60. The van der Waals surface area contributed by atoms with E-state index in [4.69, 9.17) is 9.84 Å².